The molecule has 40 heavy (non-hydrogen) atoms. The van der Waals surface area contributed by atoms with Gasteiger partial charge in [0.05, 0.1) is 5.92 Å². The molecule has 8 heteroatoms. The zero-order chi connectivity index (χ0) is 27.7. The number of amides is 2. The second-order valence-electron chi connectivity index (χ2n) is 11.1. The maximum atomic E-state index is 13.5. The number of carboxylic acid groups (broad SMARTS) is 1. The second kappa shape index (κ2) is 10.8. The van der Waals surface area contributed by atoms with Crippen LogP contribution >= 0.6 is 0 Å². The predicted octanol–water partition coefficient (Wildman–Crippen LogP) is 4.01. The van der Waals surface area contributed by atoms with Crippen molar-refractivity contribution in [2.24, 2.45) is 11.8 Å². The Balaban J connectivity index is 1.14. The number of rotatable bonds is 9. The van der Waals surface area contributed by atoms with Gasteiger partial charge in [0, 0.05) is 32.1 Å². The summed E-state index contributed by atoms with van der Waals surface area (Å²) >= 11 is 0. The van der Waals surface area contributed by atoms with Crippen LogP contribution in [0.4, 0.5) is 4.79 Å². The molecule has 3 aliphatic rings. The highest BCUT2D eigenvalue weighted by atomic mass is 16.5. The number of alkyl carbamates (subject to hydrolysis) is 1. The lowest BCUT2D eigenvalue weighted by atomic mass is 9.97. The summed E-state index contributed by atoms with van der Waals surface area (Å²) in [6.45, 7) is 2.07. The molecular weight excluding hydrogens is 506 g/mol. The van der Waals surface area contributed by atoms with Crippen LogP contribution in [0.1, 0.15) is 35.4 Å². The van der Waals surface area contributed by atoms with E-state index in [4.69, 9.17) is 4.74 Å². The third-order valence-corrected chi connectivity index (χ3v) is 8.48. The normalized spacial score (nSPS) is 23.2. The smallest absolute Gasteiger partial charge is 0.408 e. The molecule has 3 atom stereocenters. The van der Waals surface area contributed by atoms with Crippen molar-refractivity contribution < 1.29 is 24.2 Å². The molecule has 3 N–H and O–H groups in total. The minimum absolute atomic E-state index is 0.0743. The Hall–Kier alpha value is -4.17. The van der Waals surface area contributed by atoms with E-state index in [1.165, 1.54) is 0 Å². The van der Waals surface area contributed by atoms with Crippen LogP contribution in [0.3, 0.4) is 0 Å². The molecule has 6 rings (SSSR count). The van der Waals surface area contributed by atoms with Crippen molar-refractivity contribution in [2.45, 2.75) is 30.8 Å². The van der Waals surface area contributed by atoms with Crippen LogP contribution in [0.15, 0.2) is 78.9 Å². The topological polar surface area (TPSA) is 108 Å². The molecule has 3 aromatic rings. The van der Waals surface area contributed by atoms with Gasteiger partial charge >= 0.3 is 12.1 Å². The van der Waals surface area contributed by atoms with Crippen LogP contribution in [0.25, 0.3) is 11.1 Å². The van der Waals surface area contributed by atoms with Crippen LogP contribution in [-0.4, -0.2) is 59.8 Å². The van der Waals surface area contributed by atoms with E-state index in [1.54, 1.807) is 0 Å². The van der Waals surface area contributed by atoms with Crippen LogP contribution in [0.5, 0.6) is 0 Å². The molecule has 0 radical (unpaired) electrons. The Morgan fingerprint density at radius 2 is 1.57 bits per heavy atom. The molecule has 1 aliphatic heterocycles. The number of carboxylic acids is 1. The lowest BCUT2D eigenvalue weighted by Gasteiger charge is -2.29. The number of ether oxygens (including phenoxy) is 1. The van der Waals surface area contributed by atoms with Gasteiger partial charge in [-0.2, -0.15) is 0 Å². The molecule has 1 saturated carbocycles. The summed E-state index contributed by atoms with van der Waals surface area (Å²) in [7, 11) is 0. The van der Waals surface area contributed by atoms with Crippen molar-refractivity contribution in [1.29, 1.82) is 0 Å². The third kappa shape index (κ3) is 5.19. The molecule has 2 fully saturated rings. The first-order valence-corrected chi connectivity index (χ1v) is 13.8. The van der Waals surface area contributed by atoms with E-state index in [1.807, 2.05) is 54.6 Å². The Morgan fingerprint density at radius 3 is 2.23 bits per heavy atom. The number of hydrogen-bond donors (Lipinski definition) is 3. The van der Waals surface area contributed by atoms with Crippen LogP contribution in [0, 0.1) is 11.8 Å². The molecule has 0 bridgehead atoms. The number of nitrogens with one attached hydrogen (secondary N) is 2. The van der Waals surface area contributed by atoms with E-state index in [0.717, 1.165) is 27.8 Å². The van der Waals surface area contributed by atoms with Gasteiger partial charge in [-0.15, -0.1) is 0 Å². The van der Waals surface area contributed by atoms with E-state index in [0.29, 0.717) is 32.5 Å². The van der Waals surface area contributed by atoms with Crippen molar-refractivity contribution in [2.75, 3.05) is 26.2 Å². The fraction of sp³-hybridized carbons (Fsp3) is 0.344. The highest BCUT2D eigenvalue weighted by molar-refractivity contribution is 5.91. The van der Waals surface area contributed by atoms with Gasteiger partial charge in [-0.05, 0) is 46.6 Å². The summed E-state index contributed by atoms with van der Waals surface area (Å²) in [6, 6.07) is 26.3. The first-order valence-electron chi connectivity index (χ1n) is 13.8. The fourth-order valence-electron chi connectivity index (χ4n) is 6.21. The van der Waals surface area contributed by atoms with Gasteiger partial charge in [0.25, 0.3) is 0 Å². The van der Waals surface area contributed by atoms with Gasteiger partial charge in [-0.3, -0.25) is 14.5 Å². The van der Waals surface area contributed by atoms with Crippen molar-refractivity contribution in [3.63, 3.8) is 0 Å². The Kier molecular flexibility index (Phi) is 7.02. The van der Waals surface area contributed by atoms with E-state index in [9.17, 15) is 19.5 Å². The average Bonchev–Trinajstić information content (AvgIpc) is 3.55. The highest BCUT2D eigenvalue weighted by Gasteiger charge is 2.48. The Morgan fingerprint density at radius 1 is 0.925 bits per heavy atom. The van der Waals surface area contributed by atoms with E-state index in [2.05, 4.69) is 39.8 Å². The molecule has 2 aliphatic carbocycles. The zero-order valence-electron chi connectivity index (χ0n) is 22.2. The van der Waals surface area contributed by atoms with Gasteiger partial charge in [-0.25, -0.2) is 4.79 Å². The summed E-state index contributed by atoms with van der Waals surface area (Å²) in [6.07, 6.45) is 0.360. The number of likely N-dealkylation sites (tertiary alicyclic amines) is 1. The summed E-state index contributed by atoms with van der Waals surface area (Å²) in [5.74, 6) is -1.70. The number of hydrogen-bond acceptors (Lipinski definition) is 5. The SMILES string of the molecule is O=C(NC1(C(=O)NCC2CC2C(=O)O)CCN(Cc2ccccc2)C1)OCC1c2ccccc2-c2ccccc21. The molecule has 2 amide bonds. The first-order chi connectivity index (χ1) is 19.4. The fourth-order valence-corrected chi connectivity index (χ4v) is 6.21. The van der Waals surface area contributed by atoms with Gasteiger partial charge in [0.15, 0.2) is 0 Å². The Labute approximate surface area is 233 Å². The third-order valence-electron chi connectivity index (χ3n) is 8.48. The molecule has 206 valence electrons. The molecule has 0 spiro atoms. The van der Waals surface area contributed by atoms with E-state index >= 15 is 0 Å². The minimum Gasteiger partial charge on any atom is -0.481 e. The van der Waals surface area contributed by atoms with Crippen molar-refractivity contribution in [3.05, 3.63) is 95.6 Å². The number of aliphatic carboxylic acids is 1. The molecule has 3 unspecified atom stereocenters. The van der Waals surface area contributed by atoms with Crippen molar-refractivity contribution in [1.82, 2.24) is 15.5 Å². The molecule has 3 aromatic carbocycles. The zero-order valence-corrected chi connectivity index (χ0v) is 22.2. The number of benzene rings is 3. The van der Waals surface area contributed by atoms with Crippen molar-refractivity contribution in [3.8, 4) is 11.1 Å². The van der Waals surface area contributed by atoms with Crippen molar-refractivity contribution >= 4 is 18.0 Å². The van der Waals surface area contributed by atoms with Gasteiger partial charge in [0.1, 0.15) is 12.1 Å². The van der Waals surface area contributed by atoms with E-state index in [-0.39, 0.29) is 30.9 Å². The van der Waals surface area contributed by atoms with E-state index < -0.39 is 23.5 Å². The van der Waals surface area contributed by atoms with Gasteiger partial charge in [0.2, 0.25) is 5.91 Å². The number of nitrogens with zero attached hydrogens (tertiary/aromatic N) is 1. The van der Waals surface area contributed by atoms with Crippen LogP contribution in [-0.2, 0) is 20.9 Å². The summed E-state index contributed by atoms with van der Waals surface area (Å²) < 4.78 is 5.79. The minimum atomic E-state index is -1.16. The maximum absolute atomic E-state index is 13.5. The summed E-state index contributed by atoms with van der Waals surface area (Å²) in [5.41, 5.74) is 4.50. The standard InChI is InChI=1S/C32H33N3O5/c36-29(37)27-16-22(27)17-33-30(38)32(14-15-35(20-32)18-21-8-2-1-3-9-21)34-31(39)40-19-28-25-12-6-4-10-23(25)24-11-5-7-13-26(24)28/h1-13,22,27-28H,14-20H2,(H,33,38)(H,34,39)(H,36,37). The number of carbonyl (C=O) groups is 3. The lowest BCUT2D eigenvalue weighted by molar-refractivity contribution is -0.139. The summed E-state index contributed by atoms with van der Waals surface area (Å²) in [5, 5.41) is 15.1. The monoisotopic (exact) mass is 539 g/mol. The number of carbonyl (C=O) groups excluding carboxylic acids is 2. The molecule has 1 heterocycles. The molecular formula is C32H33N3O5. The summed E-state index contributed by atoms with van der Waals surface area (Å²) in [4.78, 5) is 40.2. The lowest BCUT2D eigenvalue weighted by Crippen LogP contribution is -2.60. The maximum Gasteiger partial charge on any atom is 0.408 e. The van der Waals surface area contributed by atoms with Gasteiger partial charge < -0.3 is 20.5 Å². The molecule has 8 nitrogen and oxygen atoms in total. The first kappa shape index (κ1) is 26.1. The van der Waals surface area contributed by atoms with Crippen LogP contribution < -0.4 is 10.6 Å². The molecule has 1 saturated heterocycles. The largest absolute Gasteiger partial charge is 0.481 e. The Bertz CT molecular complexity index is 1380. The molecule has 0 aromatic heterocycles. The van der Waals surface area contributed by atoms with Crippen LogP contribution in [0.2, 0.25) is 0 Å². The quantitative estimate of drug-likeness (QED) is 0.379. The van der Waals surface area contributed by atoms with Gasteiger partial charge in [-0.1, -0.05) is 78.9 Å². The second-order valence-corrected chi connectivity index (χ2v) is 11.1. The highest BCUT2D eigenvalue weighted by Crippen LogP contribution is 2.44. The number of fused-ring (bicyclic) bond motifs is 3. The predicted molar refractivity (Wildman–Crippen MR) is 150 cm³/mol. The average molecular weight is 540 g/mol.